The second-order valence-corrected chi connectivity index (χ2v) is 7.08. The summed E-state index contributed by atoms with van der Waals surface area (Å²) in [4.78, 5) is 8.93. The van der Waals surface area contributed by atoms with Crippen molar-refractivity contribution >= 4 is 35.0 Å². The third kappa shape index (κ3) is 6.17. The minimum Gasteiger partial charge on any atom is -0.370 e. The number of anilines is 2. The maximum absolute atomic E-state index is 6.20. The largest absolute Gasteiger partial charge is 0.370 e. The molecule has 2 rings (SSSR count). The highest BCUT2D eigenvalue weighted by molar-refractivity contribution is 6.35. The van der Waals surface area contributed by atoms with E-state index >= 15 is 0 Å². The van der Waals surface area contributed by atoms with Crippen molar-refractivity contribution in [2.45, 2.75) is 33.6 Å². The van der Waals surface area contributed by atoms with E-state index in [4.69, 9.17) is 23.2 Å². The van der Waals surface area contributed by atoms with Crippen molar-refractivity contribution in [3.05, 3.63) is 45.6 Å². The first-order valence-corrected chi connectivity index (χ1v) is 8.97. The lowest BCUT2D eigenvalue weighted by molar-refractivity contribution is 0.606. The molecule has 0 radical (unpaired) electrons. The van der Waals surface area contributed by atoms with Crippen molar-refractivity contribution in [1.82, 2.24) is 9.97 Å². The third-order valence-corrected chi connectivity index (χ3v) is 4.16. The van der Waals surface area contributed by atoms with Gasteiger partial charge in [0.1, 0.15) is 5.82 Å². The molecule has 1 aromatic heterocycles. The maximum atomic E-state index is 6.20. The molecule has 0 atom stereocenters. The van der Waals surface area contributed by atoms with E-state index in [9.17, 15) is 0 Å². The molecule has 0 bridgehead atoms. The first-order chi connectivity index (χ1) is 11.4. The molecule has 0 spiro atoms. The highest BCUT2D eigenvalue weighted by atomic mass is 35.5. The zero-order chi connectivity index (χ0) is 17.5. The van der Waals surface area contributed by atoms with Gasteiger partial charge in [0.25, 0.3) is 0 Å². The Morgan fingerprint density at radius 1 is 1.04 bits per heavy atom. The summed E-state index contributed by atoms with van der Waals surface area (Å²) in [5.41, 5.74) is 2.00. The summed E-state index contributed by atoms with van der Waals surface area (Å²) >= 11 is 12.1. The maximum Gasteiger partial charge on any atom is 0.224 e. The van der Waals surface area contributed by atoms with Crippen LogP contribution < -0.4 is 10.6 Å². The molecule has 0 fully saturated rings. The molecule has 130 valence electrons. The molecule has 0 saturated heterocycles. The number of benzene rings is 1. The molecule has 2 N–H and O–H groups in total. The molecule has 0 amide bonds. The SMILES string of the molecule is Cc1cc(NCCc2ccc(Cl)cc2Cl)nc(NCCC(C)C)n1. The minimum atomic E-state index is 0.653. The average Bonchev–Trinajstić information content (AvgIpc) is 2.48. The monoisotopic (exact) mass is 366 g/mol. The third-order valence-electron chi connectivity index (χ3n) is 3.57. The lowest BCUT2D eigenvalue weighted by Crippen LogP contribution is -2.11. The van der Waals surface area contributed by atoms with Crippen molar-refractivity contribution in [2.75, 3.05) is 23.7 Å². The van der Waals surface area contributed by atoms with Gasteiger partial charge in [0.15, 0.2) is 0 Å². The Kier molecular flexibility index (Phi) is 7.13. The standard InChI is InChI=1S/C18H24Cl2N4/c1-12(2)6-8-22-18-23-13(3)10-17(24-18)21-9-7-14-4-5-15(19)11-16(14)20/h4-5,10-12H,6-9H2,1-3H3,(H2,21,22,23,24). The normalized spacial score (nSPS) is 10.9. The fourth-order valence-corrected chi connectivity index (χ4v) is 2.76. The molecule has 0 aliphatic rings. The number of nitrogens with zero attached hydrogens (tertiary/aromatic N) is 2. The van der Waals surface area contributed by atoms with Gasteiger partial charge in [-0.2, -0.15) is 4.98 Å². The number of nitrogens with one attached hydrogen (secondary N) is 2. The first kappa shape index (κ1) is 18.8. The van der Waals surface area contributed by atoms with E-state index in [1.165, 1.54) is 0 Å². The van der Waals surface area contributed by atoms with Gasteiger partial charge < -0.3 is 10.6 Å². The summed E-state index contributed by atoms with van der Waals surface area (Å²) in [5.74, 6) is 2.14. The van der Waals surface area contributed by atoms with E-state index in [0.29, 0.717) is 21.9 Å². The summed E-state index contributed by atoms with van der Waals surface area (Å²) in [7, 11) is 0. The van der Waals surface area contributed by atoms with Gasteiger partial charge in [-0.05, 0) is 43.4 Å². The van der Waals surface area contributed by atoms with Crippen LogP contribution in [0.15, 0.2) is 24.3 Å². The molecule has 6 heteroatoms. The molecule has 2 aromatic rings. The Bertz CT molecular complexity index is 674. The summed E-state index contributed by atoms with van der Waals surface area (Å²) in [6, 6.07) is 7.52. The quantitative estimate of drug-likeness (QED) is 0.673. The minimum absolute atomic E-state index is 0.653. The molecule has 24 heavy (non-hydrogen) atoms. The molecule has 1 aromatic carbocycles. The Balaban J connectivity index is 1.90. The van der Waals surface area contributed by atoms with Crippen LogP contribution in [0.5, 0.6) is 0 Å². The van der Waals surface area contributed by atoms with E-state index in [1.807, 2.05) is 25.1 Å². The molecule has 0 unspecified atom stereocenters. The van der Waals surface area contributed by atoms with E-state index in [-0.39, 0.29) is 0 Å². The Hall–Kier alpha value is -1.52. The Labute approximate surface area is 154 Å². The topological polar surface area (TPSA) is 49.8 Å². The van der Waals surface area contributed by atoms with Gasteiger partial charge in [-0.3, -0.25) is 0 Å². The van der Waals surface area contributed by atoms with Gasteiger partial charge in [0.2, 0.25) is 5.95 Å². The summed E-state index contributed by atoms with van der Waals surface area (Å²) in [6.45, 7) is 7.99. The second kappa shape index (κ2) is 9.09. The van der Waals surface area contributed by atoms with E-state index in [1.54, 1.807) is 6.07 Å². The number of aromatic nitrogens is 2. The van der Waals surface area contributed by atoms with Crippen LogP contribution in [-0.2, 0) is 6.42 Å². The summed E-state index contributed by atoms with van der Waals surface area (Å²) < 4.78 is 0. The predicted molar refractivity (Wildman–Crippen MR) is 103 cm³/mol. The predicted octanol–water partition coefficient (Wildman–Crippen LogP) is 5.20. The van der Waals surface area contributed by atoms with Gasteiger partial charge in [-0.15, -0.1) is 0 Å². The number of hydrogen-bond donors (Lipinski definition) is 2. The van der Waals surface area contributed by atoms with Crippen LogP contribution in [0, 0.1) is 12.8 Å². The fraction of sp³-hybridized carbons (Fsp3) is 0.444. The number of rotatable bonds is 8. The van der Waals surface area contributed by atoms with Gasteiger partial charge in [-0.1, -0.05) is 43.1 Å². The fourth-order valence-electron chi connectivity index (χ4n) is 2.26. The van der Waals surface area contributed by atoms with Gasteiger partial charge >= 0.3 is 0 Å². The zero-order valence-electron chi connectivity index (χ0n) is 14.4. The second-order valence-electron chi connectivity index (χ2n) is 6.24. The first-order valence-electron chi connectivity index (χ1n) is 8.21. The highest BCUT2D eigenvalue weighted by Gasteiger charge is 2.04. The molecule has 1 heterocycles. The van der Waals surface area contributed by atoms with Crippen LogP contribution >= 0.6 is 23.2 Å². The van der Waals surface area contributed by atoms with Gasteiger partial charge in [-0.25, -0.2) is 4.98 Å². The Morgan fingerprint density at radius 2 is 1.83 bits per heavy atom. The van der Waals surface area contributed by atoms with Crippen molar-refractivity contribution in [2.24, 2.45) is 5.92 Å². The molecule has 4 nitrogen and oxygen atoms in total. The lowest BCUT2D eigenvalue weighted by atomic mass is 10.1. The summed E-state index contributed by atoms with van der Waals surface area (Å²) in [5, 5.41) is 7.96. The average molecular weight is 367 g/mol. The van der Waals surface area contributed by atoms with Gasteiger partial charge in [0, 0.05) is 34.9 Å². The van der Waals surface area contributed by atoms with Crippen LogP contribution in [0.3, 0.4) is 0 Å². The number of aryl methyl sites for hydroxylation is 1. The van der Waals surface area contributed by atoms with Crippen LogP contribution in [0.4, 0.5) is 11.8 Å². The van der Waals surface area contributed by atoms with Crippen molar-refractivity contribution in [3.8, 4) is 0 Å². The smallest absolute Gasteiger partial charge is 0.224 e. The molecular weight excluding hydrogens is 343 g/mol. The van der Waals surface area contributed by atoms with Crippen molar-refractivity contribution in [3.63, 3.8) is 0 Å². The number of hydrogen-bond acceptors (Lipinski definition) is 4. The van der Waals surface area contributed by atoms with Gasteiger partial charge in [0.05, 0.1) is 0 Å². The molecule has 0 saturated carbocycles. The highest BCUT2D eigenvalue weighted by Crippen LogP contribution is 2.21. The lowest BCUT2D eigenvalue weighted by Gasteiger charge is -2.11. The van der Waals surface area contributed by atoms with Crippen LogP contribution in [0.1, 0.15) is 31.5 Å². The number of halogens is 2. The van der Waals surface area contributed by atoms with E-state index in [0.717, 1.165) is 43.0 Å². The van der Waals surface area contributed by atoms with E-state index in [2.05, 4.69) is 34.4 Å². The van der Waals surface area contributed by atoms with Crippen molar-refractivity contribution in [1.29, 1.82) is 0 Å². The molecule has 0 aliphatic carbocycles. The van der Waals surface area contributed by atoms with Crippen LogP contribution in [0.2, 0.25) is 10.0 Å². The summed E-state index contributed by atoms with van der Waals surface area (Å²) in [6.07, 6.45) is 1.89. The van der Waals surface area contributed by atoms with Crippen molar-refractivity contribution < 1.29 is 0 Å². The molecule has 0 aliphatic heterocycles. The van der Waals surface area contributed by atoms with Crippen LogP contribution in [0.25, 0.3) is 0 Å². The zero-order valence-corrected chi connectivity index (χ0v) is 15.9. The molecular formula is C18H24Cl2N4. The van der Waals surface area contributed by atoms with Crippen LogP contribution in [-0.4, -0.2) is 23.1 Å². The Morgan fingerprint density at radius 3 is 2.54 bits per heavy atom. The van der Waals surface area contributed by atoms with E-state index < -0.39 is 0 Å².